The number of halogens is 2. The van der Waals surface area contributed by atoms with E-state index in [1.54, 1.807) is 0 Å². The summed E-state index contributed by atoms with van der Waals surface area (Å²) in [5, 5.41) is 0.714. The van der Waals surface area contributed by atoms with E-state index in [2.05, 4.69) is 19.6 Å². The highest BCUT2D eigenvalue weighted by Crippen LogP contribution is 2.28. The summed E-state index contributed by atoms with van der Waals surface area (Å²) in [6.45, 7) is 3.72. The van der Waals surface area contributed by atoms with Gasteiger partial charge in [-0.15, -0.1) is 0 Å². The van der Waals surface area contributed by atoms with Crippen molar-refractivity contribution in [3.63, 3.8) is 0 Å². The SMILES string of the molecule is Cc1cccc2c(N3CCCC3)nc(CNS(=O)(=O)c3ccc(F)c(Cl)c3)nc12. The Labute approximate surface area is 173 Å². The van der Waals surface area contributed by atoms with Crippen LogP contribution in [0.25, 0.3) is 10.9 Å². The maximum atomic E-state index is 13.3. The van der Waals surface area contributed by atoms with Gasteiger partial charge < -0.3 is 4.90 Å². The Morgan fingerprint density at radius 3 is 2.66 bits per heavy atom. The van der Waals surface area contributed by atoms with Gasteiger partial charge in [-0.3, -0.25) is 0 Å². The van der Waals surface area contributed by atoms with E-state index in [4.69, 9.17) is 11.6 Å². The van der Waals surface area contributed by atoms with Crippen LogP contribution in [0.15, 0.2) is 41.3 Å². The third kappa shape index (κ3) is 4.05. The summed E-state index contributed by atoms with van der Waals surface area (Å²) < 4.78 is 41.0. The number of hydrogen-bond donors (Lipinski definition) is 1. The summed E-state index contributed by atoms with van der Waals surface area (Å²) in [5.74, 6) is 0.537. The Hall–Kier alpha value is -2.29. The van der Waals surface area contributed by atoms with Crippen molar-refractivity contribution in [2.45, 2.75) is 31.2 Å². The molecular formula is C20H20ClFN4O2S. The molecule has 1 saturated heterocycles. The van der Waals surface area contributed by atoms with Gasteiger partial charge in [0.1, 0.15) is 17.5 Å². The molecule has 0 atom stereocenters. The van der Waals surface area contributed by atoms with Gasteiger partial charge in [0.25, 0.3) is 0 Å². The molecule has 0 spiro atoms. The number of anilines is 1. The molecule has 4 rings (SSSR count). The quantitative estimate of drug-likeness (QED) is 0.660. The van der Waals surface area contributed by atoms with Crippen LogP contribution in [-0.2, 0) is 16.6 Å². The lowest BCUT2D eigenvalue weighted by atomic mass is 10.1. The van der Waals surface area contributed by atoms with E-state index < -0.39 is 15.8 Å². The Morgan fingerprint density at radius 2 is 1.93 bits per heavy atom. The van der Waals surface area contributed by atoms with Crippen LogP contribution in [-0.4, -0.2) is 31.5 Å². The molecule has 29 heavy (non-hydrogen) atoms. The summed E-state index contributed by atoms with van der Waals surface area (Å²) in [7, 11) is -3.89. The van der Waals surface area contributed by atoms with Crippen molar-refractivity contribution < 1.29 is 12.8 Å². The smallest absolute Gasteiger partial charge is 0.241 e. The molecule has 1 aliphatic heterocycles. The first-order valence-corrected chi connectivity index (χ1v) is 11.2. The minimum atomic E-state index is -3.89. The van der Waals surface area contributed by atoms with E-state index in [1.165, 1.54) is 6.07 Å². The Kier molecular flexibility index (Phi) is 5.42. The molecule has 1 N–H and O–H groups in total. The molecule has 1 aliphatic rings. The minimum Gasteiger partial charge on any atom is -0.356 e. The van der Waals surface area contributed by atoms with E-state index >= 15 is 0 Å². The number of aryl methyl sites for hydroxylation is 1. The standard InChI is InChI=1S/C20H20ClFN4O2S/c1-13-5-4-6-15-19(13)24-18(25-20(15)26-9-2-3-10-26)12-23-29(27,28)14-7-8-17(22)16(21)11-14/h4-8,11,23H,2-3,9-10,12H2,1H3. The van der Waals surface area contributed by atoms with Gasteiger partial charge in [-0.1, -0.05) is 23.7 Å². The van der Waals surface area contributed by atoms with Gasteiger partial charge in [-0.05, 0) is 49.6 Å². The fourth-order valence-corrected chi connectivity index (χ4v) is 4.71. The molecule has 2 aromatic carbocycles. The fraction of sp³-hybridized carbons (Fsp3) is 0.300. The summed E-state index contributed by atoms with van der Waals surface area (Å²) in [5.41, 5.74) is 1.81. The van der Waals surface area contributed by atoms with Gasteiger partial charge in [0.15, 0.2) is 0 Å². The molecule has 0 aliphatic carbocycles. The zero-order valence-corrected chi connectivity index (χ0v) is 17.4. The lowest BCUT2D eigenvalue weighted by molar-refractivity contribution is 0.578. The normalized spacial score (nSPS) is 14.7. The average Bonchev–Trinajstić information content (AvgIpc) is 3.23. The maximum absolute atomic E-state index is 13.3. The molecule has 0 bridgehead atoms. The van der Waals surface area contributed by atoms with Crippen molar-refractivity contribution in [3.05, 3.63) is 58.6 Å². The van der Waals surface area contributed by atoms with Crippen LogP contribution in [0.3, 0.4) is 0 Å². The molecule has 0 radical (unpaired) electrons. The molecule has 0 amide bonds. The molecule has 9 heteroatoms. The molecule has 1 aromatic heterocycles. The van der Waals surface area contributed by atoms with Crippen molar-refractivity contribution in [1.29, 1.82) is 0 Å². The number of nitrogens with zero attached hydrogens (tertiary/aromatic N) is 3. The first kappa shape index (κ1) is 20.0. The van der Waals surface area contributed by atoms with E-state index in [1.807, 2.05) is 25.1 Å². The number of hydrogen-bond acceptors (Lipinski definition) is 5. The predicted octanol–water partition coefficient (Wildman–Crippen LogP) is 3.81. The van der Waals surface area contributed by atoms with Crippen molar-refractivity contribution >= 4 is 38.3 Å². The number of aromatic nitrogens is 2. The summed E-state index contributed by atoms with van der Waals surface area (Å²) in [6.07, 6.45) is 2.20. The monoisotopic (exact) mass is 434 g/mol. The van der Waals surface area contributed by atoms with Crippen molar-refractivity contribution in [2.75, 3.05) is 18.0 Å². The molecule has 3 aromatic rings. The van der Waals surface area contributed by atoms with Gasteiger partial charge in [0.05, 0.1) is 22.0 Å². The zero-order chi connectivity index (χ0) is 20.6. The third-order valence-electron chi connectivity index (χ3n) is 4.98. The largest absolute Gasteiger partial charge is 0.356 e. The van der Waals surface area contributed by atoms with Crippen LogP contribution in [0.1, 0.15) is 24.2 Å². The lowest BCUT2D eigenvalue weighted by Gasteiger charge is -2.20. The first-order chi connectivity index (χ1) is 13.8. The Bertz CT molecular complexity index is 1180. The molecular weight excluding hydrogens is 415 g/mol. The summed E-state index contributed by atoms with van der Waals surface area (Å²) >= 11 is 5.72. The number of sulfonamides is 1. The molecule has 2 heterocycles. The fourth-order valence-electron chi connectivity index (χ4n) is 3.46. The number of nitrogens with one attached hydrogen (secondary N) is 1. The Balaban J connectivity index is 1.67. The molecule has 152 valence electrons. The van der Waals surface area contributed by atoms with E-state index in [-0.39, 0.29) is 16.5 Å². The van der Waals surface area contributed by atoms with E-state index in [9.17, 15) is 12.8 Å². The highest BCUT2D eigenvalue weighted by atomic mass is 35.5. The van der Waals surface area contributed by atoms with E-state index in [0.717, 1.165) is 60.3 Å². The van der Waals surface area contributed by atoms with Crippen LogP contribution in [0, 0.1) is 12.7 Å². The number of fused-ring (bicyclic) bond motifs is 1. The predicted molar refractivity (Wildman–Crippen MR) is 111 cm³/mol. The van der Waals surface area contributed by atoms with Crippen molar-refractivity contribution in [2.24, 2.45) is 0 Å². The highest BCUT2D eigenvalue weighted by molar-refractivity contribution is 7.89. The zero-order valence-electron chi connectivity index (χ0n) is 15.8. The van der Waals surface area contributed by atoms with Gasteiger partial charge >= 0.3 is 0 Å². The highest BCUT2D eigenvalue weighted by Gasteiger charge is 2.20. The van der Waals surface area contributed by atoms with Crippen LogP contribution in [0.5, 0.6) is 0 Å². The molecule has 6 nitrogen and oxygen atoms in total. The van der Waals surface area contributed by atoms with Gasteiger partial charge in [0.2, 0.25) is 10.0 Å². The van der Waals surface area contributed by atoms with Crippen molar-refractivity contribution in [1.82, 2.24) is 14.7 Å². The second kappa shape index (κ2) is 7.85. The Morgan fingerprint density at radius 1 is 1.17 bits per heavy atom. The van der Waals surface area contributed by atoms with Gasteiger partial charge in [0, 0.05) is 18.5 Å². The van der Waals surface area contributed by atoms with Crippen LogP contribution in [0.2, 0.25) is 5.02 Å². The molecule has 0 unspecified atom stereocenters. The average molecular weight is 435 g/mol. The van der Waals surface area contributed by atoms with Gasteiger partial charge in [-0.25, -0.2) is 27.5 Å². The van der Waals surface area contributed by atoms with Crippen molar-refractivity contribution in [3.8, 4) is 0 Å². The second-order valence-electron chi connectivity index (χ2n) is 7.03. The molecule has 1 fully saturated rings. The van der Waals surface area contributed by atoms with Crippen LogP contribution < -0.4 is 9.62 Å². The maximum Gasteiger partial charge on any atom is 0.241 e. The number of benzene rings is 2. The number of para-hydroxylation sites is 1. The molecule has 0 saturated carbocycles. The van der Waals surface area contributed by atoms with Gasteiger partial charge in [-0.2, -0.15) is 0 Å². The van der Waals surface area contributed by atoms with E-state index in [0.29, 0.717) is 5.82 Å². The lowest BCUT2D eigenvalue weighted by Crippen LogP contribution is -2.26. The second-order valence-corrected chi connectivity index (χ2v) is 9.20. The van der Waals surface area contributed by atoms with Crippen LogP contribution >= 0.6 is 11.6 Å². The minimum absolute atomic E-state index is 0.0809. The number of rotatable bonds is 5. The summed E-state index contributed by atoms with van der Waals surface area (Å²) in [6, 6.07) is 9.21. The topological polar surface area (TPSA) is 75.2 Å². The van der Waals surface area contributed by atoms with Crippen LogP contribution in [0.4, 0.5) is 10.2 Å². The first-order valence-electron chi connectivity index (χ1n) is 9.31. The summed E-state index contributed by atoms with van der Waals surface area (Å²) in [4.78, 5) is 11.3. The third-order valence-corrected chi connectivity index (χ3v) is 6.67.